The molecule has 0 saturated carbocycles. The van der Waals surface area contributed by atoms with E-state index in [9.17, 15) is 45.5 Å². The maximum Gasteiger partial charge on any atom is 0.573 e. The second kappa shape index (κ2) is 24.5. The monoisotopic (exact) mass is 1140 g/mol. The fraction of sp³-hybridized carbons (Fsp3) is 0.259. The lowest BCUT2D eigenvalue weighted by atomic mass is 10.2. The highest BCUT2D eigenvalue weighted by molar-refractivity contribution is 6.30. The molecule has 4 heterocycles. The predicted octanol–water partition coefficient (Wildman–Crippen LogP) is 9.60. The van der Waals surface area contributed by atoms with Gasteiger partial charge in [0.05, 0.1) is 26.9 Å². The third-order valence-electron chi connectivity index (χ3n) is 12.1. The highest BCUT2D eigenvalue weighted by Crippen LogP contribution is 2.28. The summed E-state index contributed by atoms with van der Waals surface area (Å²) < 4.78 is 107. The zero-order valence-corrected chi connectivity index (χ0v) is 43.8. The van der Waals surface area contributed by atoms with Crippen LogP contribution in [0.3, 0.4) is 0 Å². The van der Waals surface area contributed by atoms with Crippen molar-refractivity contribution in [1.82, 2.24) is 37.8 Å². The zero-order valence-electron chi connectivity index (χ0n) is 42.2. The molecule has 414 valence electrons. The lowest BCUT2D eigenvalue weighted by Crippen LogP contribution is -2.40. The van der Waals surface area contributed by atoms with E-state index in [1.54, 1.807) is 71.8 Å². The van der Waals surface area contributed by atoms with E-state index < -0.39 is 35.2 Å². The van der Waals surface area contributed by atoms with Crippen molar-refractivity contribution in [1.29, 1.82) is 0 Å². The Bertz CT molecular complexity index is 3840. The molecule has 0 fully saturated rings. The molecule has 0 amide bonds. The van der Waals surface area contributed by atoms with Gasteiger partial charge in [-0.1, -0.05) is 71.7 Å². The Morgan fingerprint density at radius 1 is 0.532 bits per heavy atom. The molecule has 25 heteroatoms. The first-order valence-electron chi connectivity index (χ1n) is 24.1. The predicted molar refractivity (Wildman–Crippen MR) is 282 cm³/mol. The summed E-state index contributed by atoms with van der Waals surface area (Å²) in [6.45, 7) is 0.992. The largest absolute Gasteiger partial charge is 0.573 e. The van der Waals surface area contributed by atoms with Crippen LogP contribution in [-0.4, -0.2) is 70.8 Å². The van der Waals surface area contributed by atoms with Crippen molar-refractivity contribution in [3.05, 3.63) is 201 Å². The van der Waals surface area contributed by atoms with Gasteiger partial charge in [0.1, 0.15) is 40.4 Å². The molecule has 0 atom stereocenters. The van der Waals surface area contributed by atoms with Crippen LogP contribution in [0.15, 0.2) is 141 Å². The average Bonchev–Trinajstić information content (AvgIpc) is 4.01. The number of nitrogens with one attached hydrogen (secondary N) is 1. The molecule has 5 aromatic carbocycles. The van der Waals surface area contributed by atoms with Gasteiger partial charge in [-0.3, -0.25) is 28.3 Å². The number of nitrogens with zero attached hydrogens (tertiary/aromatic N) is 7. The minimum Gasteiger partial charge on any atom is -0.497 e. The van der Waals surface area contributed by atoms with Crippen LogP contribution in [-0.2, 0) is 46.6 Å². The van der Waals surface area contributed by atoms with Crippen LogP contribution in [0.5, 0.6) is 28.7 Å². The Labute approximate surface area is 454 Å². The molecule has 0 bridgehead atoms. The molecule has 0 saturated heterocycles. The van der Waals surface area contributed by atoms with E-state index in [2.05, 4.69) is 24.4 Å². The van der Waals surface area contributed by atoms with E-state index >= 15 is 0 Å². The summed E-state index contributed by atoms with van der Waals surface area (Å²) in [7, 11) is 4.64. The standard InChI is InChI=1S/C31H28ClF3N4O5.C23H20ClF3N4O4/c1-37-28-27(29(40)39(30(37)41)19-21-10-14-23(42-2)15-11-21)38(18-20-8-12-22(32)13-9-20)26(36-28)7-4-16-43-24-5-3-6-25(17-24)44-31(33,34)35;1-30-20-19(21(32)29-22(30)33)31(13-14-7-9-15(24)10-8-14)18(28-20)6-3-11-34-16-4-2-5-17(12-16)35-23(25,26)27/h3,5-6,8-15,17H,4,7,16,18-19H2,1-2H3;2,4-5,7-10,12H,3,6,11,13H2,1H3,(H,29,32,33). The van der Waals surface area contributed by atoms with Gasteiger partial charge in [-0.25, -0.2) is 19.6 Å². The van der Waals surface area contributed by atoms with Gasteiger partial charge in [0.15, 0.2) is 22.3 Å². The smallest absolute Gasteiger partial charge is 0.497 e. The topological polar surface area (TPSA) is 181 Å². The number of aromatic amines is 1. The highest BCUT2D eigenvalue weighted by atomic mass is 35.5. The fourth-order valence-electron chi connectivity index (χ4n) is 8.38. The summed E-state index contributed by atoms with van der Waals surface area (Å²) in [5.41, 5.74) is 1.39. The number of imidazole rings is 2. The molecule has 17 nitrogen and oxygen atoms in total. The number of aryl methyl sites for hydroxylation is 4. The quantitative estimate of drug-likeness (QED) is 0.0602. The van der Waals surface area contributed by atoms with Crippen LogP contribution in [0.25, 0.3) is 22.3 Å². The van der Waals surface area contributed by atoms with E-state index in [4.69, 9.17) is 37.4 Å². The van der Waals surface area contributed by atoms with Gasteiger partial charge in [0, 0.05) is 62.2 Å². The zero-order chi connectivity index (χ0) is 56.6. The molecule has 79 heavy (non-hydrogen) atoms. The van der Waals surface area contributed by atoms with E-state index in [0.29, 0.717) is 59.7 Å². The number of alkyl halides is 6. The molecule has 0 spiro atoms. The number of methoxy groups -OCH3 is 1. The van der Waals surface area contributed by atoms with Gasteiger partial charge in [-0.05, 0) is 90.2 Å². The lowest BCUT2D eigenvalue weighted by Gasteiger charge is -2.12. The third-order valence-corrected chi connectivity index (χ3v) is 12.6. The molecule has 0 aliphatic rings. The summed E-state index contributed by atoms with van der Waals surface area (Å²) in [6, 6.07) is 31.9. The Kier molecular flexibility index (Phi) is 17.6. The van der Waals surface area contributed by atoms with Crippen molar-refractivity contribution in [3.63, 3.8) is 0 Å². The number of H-pyrrole nitrogens is 1. The number of rotatable bonds is 19. The molecular formula is C54H48Cl2F6N8O9. The van der Waals surface area contributed by atoms with Crippen LogP contribution in [0, 0.1) is 0 Å². The van der Waals surface area contributed by atoms with Crippen LogP contribution >= 0.6 is 23.2 Å². The van der Waals surface area contributed by atoms with Crippen LogP contribution in [0.4, 0.5) is 26.3 Å². The minimum absolute atomic E-state index is 0.0534. The van der Waals surface area contributed by atoms with E-state index in [-0.39, 0.29) is 71.6 Å². The molecule has 9 aromatic rings. The Morgan fingerprint density at radius 2 is 0.949 bits per heavy atom. The highest BCUT2D eigenvalue weighted by Gasteiger charge is 2.32. The first kappa shape index (κ1) is 56.8. The number of hydrogen-bond donors (Lipinski definition) is 1. The van der Waals surface area contributed by atoms with Crippen molar-refractivity contribution in [2.75, 3.05) is 20.3 Å². The SMILES string of the molecule is COc1ccc(Cn2c(=O)c3c(nc(CCCOc4cccc(OC(F)(F)F)c4)n3Cc3ccc(Cl)cc3)n(C)c2=O)cc1.Cn1c(=O)[nH]c(=O)c2c1nc(CCCOc1cccc(OC(F)(F)F)c1)n2Cc1ccc(Cl)cc1. The molecule has 0 unspecified atom stereocenters. The van der Waals surface area contributed by atoms with E-state index in [0.717, 1.165) is 28.8 Å². The van der Waals surface area contributed by atoms with Crippen LogP contribution < -0.4 is 46.2 Å². The maximum atomic E-state index is 13.9. The molecular weight excluding hydrogens is 1090 g/mol. The number of benzene rings is 5. The molecule has 4 aromatic heterocycles. The number of ether oxygens (including phenoxy) is 5. The van der Waals surface area contributed by atoms with Gasteiger partial charge in [0.25, 0.3) is 11.1 Å². The Morgan fingerprint density at radius 3 is 1.41 bits per heavy atom. The lowest BCUT2D eigenvalue weighted by molar-refractivity contribution is -0.275. The summed E-state index contributed by atoms with van der Waals surface area (Å²) >= 11 is 12.1. The van der Waals surface area contributed by atoms with Gasteiger partial charge in [-0.15, -0.1) is 26.3 Å². The van der Waals surface area contributed by atoms with Crippen molar-refractivity contribution in [3.8, 4) is 28.7 Å². The molecule has 1 N–H and O–H groups in total. The number of hydrogen-bond acceptors (Lipinski definition) is 11. The van der Waals surface area contributed by atoms with Crippen molar-refractivity contribution in [2.24, 2.45) is 14.1 Å². The Hall–Kier alpha value is -8.44. The van der Waals surface area contributed by atoms with Crippen molar-refractivity contribution in [2.45, 2.75) is 58.0 Å². The molecule has 9 rings (SSSR count). The van der Waals surface area contributed by atoms with Crippen molar-refractivity contribution >= 4 is 45.5 Å². The third kappa shape index (κ3) is 14.6. The Balaban J connectivity index is 0.000000214. The number of aromatic nitrogens is 8. The number of halogens is 8. The summed E-state index contributed by atoms with van der Waals surface area (Å²) in [6.07, 6.45) is -8.00. The van der Waals surface area contributed by atoms with Gasteiger partial charge in [0.2, 0.25) is 0 Å². The fourth-order valence-corrected chi connectivity index (χ4v) is 8.63. The maximum absolute atomic E-state index is 13.9. The molecule has 0 aliphatic heterocycles. The summed E-state index contributed by atoms with van der Waals surface area (Å²) in [4.78, 5) is 63.4. The second-order valence-corrected chi connectivity index (χ2v) is 18.5. The van der Waals surface area contributed by atoms with E-state index in [1.807, 2.05) is 24.3 Å². The first-order chi connectivity index (χ1) is 37.6. The van der Waals surface area contributed by atoms with E-state index in [1.165, 1.54) is 57.1 Å². The van der Waals surface area contributed by atoms with Gasteiger partial charge >= 0.3 is 24.1 Å². The second-order valence-electron chi connectivity index (χ2n) is 17.7. The van der Waals surface area contributed by atoms with Crippen LogP contribution in [0.2, 0.25) is 10.0 Å². The molecule has 0 radical (unpaired) electrons. The summed E-state index contributed by atoms with van der Waals surface area (Å²) in [5, 5.41) is 1.14. The minimum atomic E-state index is -4.81. The average molecular weight is 1140 g/mol. The number of fused-ring (bicyclic) bond motifs is 2. The van der Waals surface area contributed by atoms with Gasteiger partial charge in [-0.2, -0.15) is 0 Å². The first-order valence-corrected chi connectivity index (χ1v) is 24.8. The summed E-state index contributed by atoms with van der Waals surface area (Å²) in [5.74, 6) is 1.43. The van der Waals surface area contributed by atoms with Crippen LogP contribution in [0.1, 0.15) is 41.2 Å². The van der Waals surface area contributed by atoms with Gasteiger partial charge < -0.3 is 32.8 Å². The molecule has 0 aliphatic carbocycles. The normalized spacial score (nSPS) is 11.6. The van der Waals surface area contributed by atoms with Crippen molar-refractivity contribution < 1.29 is 50.0 Å².